The fourth-order valence-electron chi connectivity index (χ4n) is 2.20. The van der Waals surface area contributed by atoms with Gasteiger partial charge < -0.3 is 20.3 Å². The van der Waals surface area contributed by atoms with Crippen molar-refractivity contribution in [1.29, 1.82) is 0 Å². The Kier molecular flexibility index (Phi) is 16.1. The van der Waals surface area contributed by atoms with Gasteiger partial charge >= 0.3 is 5.97 Å². The highest BCUT2D eigenvalue weighted by molar-refractivity contribution is 14.0. The van der Waals surface area contributed by atoms with E-state index < -0.39 is 0 Å². The SMILES string of the molecule is CCN(CC)CCCC(C)NC(=NC)NCC(C)C(=O)OC.I. The fraction of sp³-hybridized carbons (Fsp3) is 0.875. The molecule has 0 aliphatic heterocycles. The Morgan fingerprint density at radius 3 is 2.35 bits per heavy atom. The lowest BCUT2D eigenvalue weighted by molar-refractivity contribution is -0.144. The van der Waals surface area contributed by atoms with Crippen LogP contribution in [0.1, 0.15) is 40.5 Å². The predicted molar refractivity (Wildman–Crippen MR) is 108 cm³/mol. The highest BCUT2D eigenvalue weighted by atomic mass is 127. The molecule has 0 aliphatic rings. The number of hydrogen-bond acceptors (Lipinski definition) is 4. The van der Waals surface area contributed by atoms with Crippen LogP contribution < -0.4 is 10.6 Å². The summed E-state index contributed by atoms with van der Waals surface area (Å²) in [5.74, 6) is 0.322. The highest BCUT2D eigenvalue weighted by Crippen LogP contribution is 2.00. The van der Waals surface area contributed by atoms with Crippen LogP contribution >= 0.6 is 24.0 Å². The monoisotopic (exact) mass is 442 g/mol. The molecule has 0 aromatic rings. The smallest absolute Gasteiger partial charge is 0.310 e. The maximum absolute atomic E-state index is 11.4. The van der Waals surface area contributed by atoms with E-state index in [-0.39, 0.29) is 35.9 Å². The van der Waals surface area contributed by atoms with Crippen LogP contribution in [0.3, 0.4) is 0 Å². The number of esters is 1. The second kappa shape index (κ2) is 15.0. The molecule has 0 spiro atoms. The average molecular weight is 442 g/mol. The van der Waals surface area contributed by atoms with E-state index in [1.807, 2.05) is 6.92 Å². The summed E-state index contributed by atoms with van der Waals surface area (Å²) in [5.41, 5.74) is 0. The van der Waals surface area contributed by atoms with Crippen molar-refractivity contribution in [1.82, 2.24) is 15.5 Å². The second-order valence-electron chi connectivity index (χ2n) is 5.59. The Hall–Kier alpha value is -0.570. The number of hydrogen-bond donors (Lipinski definition) is 2. The molecule has 0 fully saturated rings. The zero-order valence-corrected chi connectivity index (χ0v) is 17.8. The maximum Gasteiger partial charge on any atom is 0.310 e. The molecule has 0 bridgehead atoms. The molecule has 0 aromatic heterocycles. The number of nitrogens with zero attached hydrogens (tertiary/aromatic N) is 2. The molecule has 2 unspecified atom stereocenters. The number of rotatable bonds is 10. The third-order valence-corrected chi connectivity index (χ3v) is 3.79. The van der Waals surface area contributed by atoms with Crippen molar-refractivity contribution in [2.45, 2.75) is 46.6 Å². The zero-order chi connectivity index (χ0) is 17.0. The Morgan fingerprint density at radius 1 is 1.26 bits per heavy atom. The van der Waals surface area contributed by atoms with Crippen molar-refractivity contribution in [3.8, 4) is 0 Å². The minimum Gasteiger partial charge on any atom is -0.469 e. The number of halogens is 1. The minimum atomic E-state index is -0.213. The van der Waals surface area contributed by atoms with Crippen LogP contribution in [-0.4, -0.2) is 63.2 Å². The quantitative estimate of drug-likeness (QED) is 0.235. The van der Waals surface area contributed by atoms with E-state index in [9.17, 15) is 4.79 Å². The van der Waals surface area contributed by atoms with Crippen molar-refractivity contribution in [2.24, 2.45) is 10.9 Å². The summed E-state index contributed by atoms with van der Waals surface area (Å²) in [6.07, 6.45) is 2.25. The van der Waals surface area contributed by atoms with E-state index in [1.165, 1.54) is 7.11 Å². The zero-order valence-electron chi connectivity index (χ0n) is 15.5. The predicted octanol–water partition coefficient (Wildman–Crippen LogP) is 2.09. The summed E-state index contributed by atoms with van der Waals surface area (Å²) in [6, 6.07) is 0.343. The van der Waals surface area contributed by atoms with E-state index in [0.717, 1.165) is 38.4 Å². The van der Waals surface area contributed by atoms with Crippen molar-refractivity contribution in [3.63, 3.8) is 0 Å². The number of guanidine groups is 1. The first-order valence-corrected chi connectivity index (χ1v) is 8.25. The summed E-state index contributed by atoms with van der Waals surface area (Å²) in [4.78, 5) is 18.0. The first-order valence-electron chi connectivity index (χ1n) is 8.25. The lowest BCUT2D eigenvalue weighted by Crippen LogP contribution is -2.44. The lowest BCUT2D eigenvalue weighted by Gasteiger charge is -2.21. The van der Waals surface area contributed by atoms with Gasteiger partial charge in [0.25, 0.3) is 0 Å². The van der Waals surface area contributed by atoms with Gasteiger partial charge in [0.1, 0.15) is 0 Å². The Morgan fingerprint density at radius 2 is 1.87 bits per heavy atom. The molecule has 7 heteroatoms. The van der Waals surface area contributed by atoms with E-state index in [2.05, 4.69) is 41.3 Å². The van der Waals surface area contributed by atoms with Gasteiger partial charge in [-0.1, -0.05) is 20.8 Å². The van der Waals surface area contributed by atoms with Gasteiger partial charge in [-0.3, -0.25) is 9.79 Å². The van der Waals surface area contributed by atoms with Gasteiger partial charge in [-0.15, -0.1) is 24.0 Å². The normalized spacial score (nSPS) is 14.0. The van der Waals surface area contributed by atoms with Crippen LogP contribution in [0, 0.1) is 5.92 Å². The third kappa shape index (κ3) is 11.6. The molecular formula is C16H35IN4O2. The number of carbonyl (C=O) groups excluding carboxylic acids is 1. The molecule has 6 nitrogen and oxygen atoms in total. The van der Waals surface area contributed by atoms with Crippen molar-refractivity contribution < 1.29 is 9.53 Å². The molecule has 0 aliphatic carbocycles. The number of aliphatic imine (C=N–C) groups is 1. The maximum atomic E-state index is 11.4. The summed E-state index contributed by atoms with van der Waals surface area (Å²) in [5, 5.41) is 6.52. The van der Waals surface area contributed by atoms with Crippen LogP contribution in [0.2, 0.25) is 0 Å². The molecule has 0 rings (SSSR count). The molecule has 0 heterocycles. The molecule has 0 radical (unpaired) electrons. The molecule has 2 N–H and O–H groups in total. The Labute approximate surface area is 158 Å². The second-order valence-corrected chi connectivity index (χ2v) is 5.59. The molecular weight excluding hydrogens is 407 g/mol. The van der Waals surface area contributed by atoms with Crippen LogP contribution in [-0.2, 0) is 9.53 Å². The fourth-order valence-corrected chi connectivity index (χ4v) is 2.20. The van der Waals surface area contributed by atoms with E-state index in [4.69, 9.17) is 4.74 Å². The van der Waals surface area contributed by atoms with Gasteiger partial charge in [-0.2, -0.15) is 0 Å². The molecule has 0 aromatic carbocycles. The summed E-state index contributed by atoms with van der Waals surface area (Å²) in [7, 11) is 3.14. The van der Waals surface area contributed by atoms with E-state index >= 15 is 0 Å². The van der Waals surface area contributed by atoms with Crippen molar-refractivity contribution in [3.05, 3.63) is 0 Å². The van der Waals surface area contributed by atoms with Gasteiger partial charge in [-0.05, 0) is 39.4 Å². The van der Waals surface area contributed by atoms with Gasteiger partial charge in [-0.25, -0.2) is 0 Å². The summed E-state index contributed by atoms with van der Waals surface area (Å²) < 4.78 is 4.71. The number of methoxy groups -OCH3 is 1. The molecule has 0 amide bonds. The molecule has 0 saturated carbocycles. The standard InChI is InChI=1S/C16H34N4O2.HI/c1-7-20(8-2)11-9-10-14(4)19-16(17-5)18-12-13(3)15(21)22-6;/h13-14H,7-12H2,1-6H3,(H2,17,18,19);1H. The number of nitrogens with one attached hydrogen (secondary N) is 2. The van der Waals surface area contributed by atoms with Gasteiger partial charge in [0.15, 0.2) is 5.96 Å². The van der Waals surface area contributed by atoms with E-state index in [0.29, 0.717) is 12.6 Å². The largest absolute Gasteiger partial charge is 0.469 e. The Bertz CT molecular complexity index is 336. The van der Waals surface area contributed by atoms with Crippen molar-refractivity contribution in [2.75, 3.05) is 40.3 Å². The van der Waals surface area contributed by atoms with Gasteiger partial charge in [0.2, 0.25) is 0 Å². The summed E-state index contributed by atoms with van der Waals surface area (Å²) >= 11 is 0. The van der Waals surface area contributed by atoms with Gasteiger partial charge in [0.05, 0.1) is 13.0 Å². The minimum absolute atomic E-state index is 0. The molecule has 0 saturated heterocycles. The molecule has 138 valence electrons. The van der Waals surface area contributed by atoms with E-state index in [1.54, 1.807) is 7.05 Å². The van der Waals surface area contributed by atoms with Crippen LogP contribution in [0.15, 0.2) is 4.99 Å². The van der Waals surface area contributed by atoms with Crippen LogP contribution in [0.25, 0.3) is 0 Å². The lowest BCUT2D eigenvalue weighted by atomic mass is 10.1. The van der Waals surface area contributed by atoms with Crippen LogP contribution in [0.5, 0.6) is 0 Å². The molecule has 2 atom stereocenters. The summed E-state index contributed by atoms with van der Waals surface area (Å²) in [6.45, 7) is 12.2. The van der Waals surface area contributed by atoms with Crippen molar-refractivity contribution >= 4 is 35.9 Å². The third-order valence-electron chi connectivity index (χ3n) is 3.79. The highest BCUT2D eigenvalue weighted by Gasteiger charge is 2.14. The van der Waals surface area contributed by atoms with Gasteiger partial charge in [0, 0.05) is 19.6 Å². The Balaban J connectivity index is 0. The number of ether oxygens (including phenoxy) is 1. The van der Waals surface area contributed by atoms with Crippen LogP contribution in [0.4, 0.5) is 0 Å². The first-order chi connectivity index (χ1) is 10.5. The number of carbonyl (C=O) groups is 1. The topological polar surface area (TPSA) is 66.0 Å². The average Bonchev–Trinajstić information content (AvgIpc) is 2.54. The molecule has 23 heavy (non-hydrogen) atoms. The first kappa shape index (κ1) is 24.7.